The van der Waals surface area contributed by atoms with Crippen LogP contribution in [0.15, 0.2) is 60.9 Å². The highest BCUT2D eigenvalue weighted by Crippen LogP contribution is 2.07. The lowest BCUT2D eigenvalue weighted by atomic mass is 10.1. The molecule has 0 unspecified atom stereocenters. The Hall–Kier alpha value is -1.97. The third-order valence-corrected chi connectivity index (χ3v) is 4.60. The summed E-state index contributed by atoms with van der Waals surface area (Å²) in [6, 6.07) is 14.7. The monoisotopic (exact) mass is 321 g/mol. The van der Waals surface area contributed by atoms with Crippen molar-refractivity contribution in [2.24, 2.45) is 0 Å². The van der Waals surface area contributed by atoms with Crippen LogP contribution in [0, 0.1) is 0 Å². The quantitative estimate of drug-likeness (QED) is 0.780. The molecule has 2 heterocycles. The SMILES string of the molecule is C(=Cc1ccccc1)CN1CCN(CCCc2cccnc2)CC1. The number of nitrogens with zero attached hydrogens (tertiary/aromatic N) is 3. The van der Waals surface area contributed by atoms with Crippen LogP contribution in [-0.4, -0.2) is 54.1 Å². The van der Waals surface area contributed by atoms with Crippen molar-refractivity contribution in [3.63, 3.8) is 0 Å². The van der Waals surface area contributed by atoms with Crippen molar-refractivity contribution in [3.05, 3.63) is 72.1 Å². The predicted octanol–water partition coefficient (Wildman–Crippen LogP) is 3.35. The van der Waals surface area contributed by atoms with Crippen molar-refractivity contribution in [1.29, 1.82) is 0 Å². The molecule has 1 fully saturated rings. The van der Waals surface area contributed by atoms with E-state index in [1.54, 1.807) is 0 Å². The van der Waals surface area contributed by atoms with E-state index >= 15 is 0 Å². The Morgan fingerprint density at radius 3 is 2.46 bits per heavy atom. The number of piperazine rings is 1. The molecule has 0 atom stereocenters. The Morgan fingerprint density at radius 1 is 0.917 bits per heavy atom. The highest BCUT2D eigenvalue weighted by Gasteiger charge is 2.15. The van der Waals surface area contributed by atoms with Crippen molar-refractivity contribution in [1.82, 2.24) is 14.8 Å². The fourth-order valence-corrected chi connectivity index (χ4v) is 3.15. The van der Waals surface area contributed by atoms with Gasteiger partial charge in [0.1, 0.15) is 0 Å². The van der Waals surface area contributed by atoms with Gasteiger partial charge in [-0.15, -0.1) is 0 Å². The van der Waals surface area contributed by atoms with Gasteiger partial charge in [-0.3, -0.25) is 9.88 Å². The first-order chi connectivity index (χ1) is 11.9. The molecule has 126 valence electrons. The molecule has 0 amide bonds. The minimum absolute atomic E-state index is 1.05. The molecule has 0 bridgehead atoms. The van der Waals surface area contributed by atoms with Gasteiger partial charge in [-0.05, 0) is 36.6 Å². The summed E-state index contributed by atoms with van der Waals surface area (Å²) >= 11 is 0. The number of hydrogen-bond acceptors (Lipinski definition) is 3. The molecule has 0 N–H and O–H groups in total. The maximum absolute atomic E-state index is 4.18. The highest BCUT2D eigenvalue weighted by molar-refractivity contribution is 5.48. The maximum Gasteiger partial charge on any atom is 0.0299 e. The first kappa shape index (κ1) is 16.9. The largest absolute Gasteiger partial charge is 0.301 e. The molecule has 3 rings (SSSR count). The zero-order chi connectivity index (χ0) is 16.5. The Kier molecular flexibility index (Phi) is 6.58. The highest BCUT2D eigenvalue weighted by atomic mass is 15.3. The van der Waals surface area contributed by atoms with Gasteiger partial charge in [0.2, 0.25) is 0 Å². The van der Waals surface area contributed by atoms with E-state index in [4.69, 9.17) is 0 Å². The molecular formula is C21H27N3. The van der Waals surface area contributed by atoms with Crippen LogP contribution in [0.4, 0.5) is 0 Å². The van der Waals surface area contributed by atoms with E-state index < -0.39 is 0 Å². The van der Waals surface area contributed by atoms with Crippen LogP contribution in [-0.2, 0) is 6.42 Å². The Bertz CT molecular complexity index is 601. The fourth-order valence-electron chi connectivity index (χ4n) is 3.15. The molecule has 0 saturated carbocycles. The van der Waals surface area contributed by atoms with Gasteiger partial charge in [0, 0.05) is 45.1 Å². The van der Waals surface area contributed by atoms with E-state index in [2.05, 4.69) is 63.3 Å². The van der Waals surface area contributed by atoms with Gasteiger partial charge in [0.05, 0.1) is 0 Å². The maximum atomic E-state index is 4.18. The summed E-state index contributed by atoms with van der Waals surface area (Å²) in [6.07, 6.45) is 10.7. The van der Waals surface area contributed by atoms with Crippen LogP contribution in [0.5, 0.6) is 0 Å². The summed E-state index contributed by atoms with van der Waals surface area (Å²) in [5, 5.41) is 0. The Morgan fingerprint density at radius 2 is 1.71 bits per heavy atom. The summed E-state index contributed by atoms with van der Waals surface area (Å²) in [7, 11) is 0. The number of rotatable bonds is 7. The molecule has 0 aliphatic carbocycles. The van der Waals surface area contributed by atoms with E-state index in [0.29, 0.717) is 0 Å². The first-order valence-corrected chi connectivity index (χ1v) is 8.95. The molecule has 1 aromatic heterocycles. The van der Waals surface area contributed by atoms with E-state index in [1.165, 1.54) is 50.3 Å². The van der Waals surface area contributed by atoms with Crippen molar-refractivity contribution >= 4 is 6.08 Å². The summed E-state index contributed by atoms with van der Waals surface area (Å²) in [5.41, 5.74) is 2.63. The molecule has 3 nitrogen and oxygen atoms in total. The molecule has 1 saturated heterocycles. The summed E-state index contributed by atoms with van der Waals surface area (Å²) < 4.78 is 0. The van der Waals surface area contributed by atoms with Crippen LogP contribution in [0.3, 0.4) is 0 Å². The third-order valence-electron chi connectivity index (χ3n) is 4.60. The van der Waals surface area contributed by atoms with E-state index in [-0.39, 0.29) is 0 Å². The second-order valence-electron chi connectivity index (χ2n) is 6.42. The zero-order valence-corrected chi connectivity index (χ0v) is 14.3. The van der Waals surface area contributed by atoms with Gasteiger partial charge in [0.25, 0.3) is 0 Å². The van der Waals surface area contributed by atoms with Gasteiger partial charge in [-0.1, -0.05) is 48.6 Å². The van der Waals surface area contributed by atoms with Gasteiger partial charge in [-0.2, -0.15) is 0 Å². The average Bonchev–Trinajstić information content (AvgIpc) is 2.65. The van der Waals surface area contributed by atoms with E-state index in [0.717, 1.165) is 13.0 Å². The minimum atomic E-state index is 1.05. The second-order valence-corrected chi connectivity index (χ2v) is 6.42. The molecular weight excluding hydrogens is 294 g/mol. The lowest BCUT2D eigenvalue weighted by Gasteiger charge is -2.34. The summed E-state index contributed by atoms with van der Waals surface area (Å²) in [4.78, 5) is 9.31. The van der Waals surface area contributed by atoms with Gasteiger partial charge < -0.3 is 4.90 Å². The smallest absolute Gasteiger partial charge is 0.0299 e. The van der Waals surface area contributed by atoms with Gasteiger partial charge in [-0.25, -0.2) is 0 Å². The number of pyridine rings is 1. The number of benzene rings is 1. The van der Waals surface area contributed by atoms with Gasteiger partial charge in [0.15, 0.2) is 0 Å². The first-order valence-electron chi connectivity index (χ1n) is 8.95. The van der Waals surface area contributed by atoms with Gasteiger partial charge >= 0.3 is 0 Å². The standard InChI is InChI=1S/C21H27N3/c1-2-7-20(8-3-1)10-5-13-23-15-17-24(18-16-23)14-6-11-21-9-4-12-22-19-21/h1-5,7-10,12,19H,6,11,13-18H2. The van der Waals surface area contributed by atoms with Crippen LogP contribution in [0.2, 0.25) is 0 Å². The van der Waals surface area contributed by atoms with Crippen molar-refractivity contribution < 1.29 is 0 Å². The summed E-state index contributed by atoms with van der Waals surface area (Å²) in [6.45, 7) is 6.97. The molecule has 24 heavy (non-hydrogen) atoms. The third kappa shape index (κ3) is 5.59. The molecule has 1 aliphatic heterocycles. The summed E-state index contributed by atoms with van der Waals surface area (Å²) in [5.74, 6) is 0. The molecule has 2 aromatic rings. The number of hydrogen-bond donors (Lipinski definition) is 0. The van der Waals surface area contributed by atoms with Crippen LogP contribution >= 0.6 is 0 Å². The molecule has 1 aromatic carbocycles. The number of aromatic nitrogens is 1. The fraction of sp³-hybridized carbons (Fsp3) is 0.381. The lowest BCUT2D eigenvalue weighted by Crippen LogP contribution is -2.46. The van der Waals surface area contributed by atoms with Crippen molar-refractivity contribution in [2.75, 3.05) is 39.3 Å². The molecule has 3 heteroatoms. The van der Waals surface area contributed by atoms with Crippen molar-refractivity contribution in [2.45, 2.75) is 12.8 Å². The molecule has 1 aliphatic rings. The van der Waals surface area contributed by atoms with E-state index in [1.807, 2.05) is 18.5 Å². The van der Waals surface area contributed by atoms with Crippen LogP contribution in [0.25, 0.3) is 6.08 Å². The molecule has 0 spiro atoms. The number of aryl methyl sites for hydroxylation is 1. The van der Waals surface area contributed by atoms with Crippen molar-refractivity contribution in [3.8, 4) is 0 Å². The van der Waals surface area contributed by atoms with Crippen LogP contribution in [0.1, 0.15) is 17.5 Å². The topological polar surface area (TPSA) is 19.4 Å². The second kappa shape index (κ2) is 9.36. The minimum Gasteiger partial charge on any atom is -0.301 e. The van der Waals surface area contributed by atoms with E-state index in [9.17, 15) is 0 Å². The van der Waals surface area contributed by atoms with Crippen LogP contribution < -0.4 is 0 Å². The normalized spacial score (nSPS) is 16.7. The predicted molar refractivity (Wildman–Crippen MR) is 101 cm³/mol. The lowest BCUT2D eigenvalue weighted by molar-refractivity contribution is 0.141. The molecule has 0 radical (unpaired) electrons. The average molecular weight is 321 g/mol. The zero-order valence-electron chi connectivity index (χ0n) is 14.3. The Labute approximate surface area is 145 Å². The Balaban J connectivity index is 1.32.